The molecule has 4 heteroatoms. The zero-order valence-electron chi connectivity index (χ0n) is 9.96. The number of nitrogens with zero attached hydrogens (tertiary/aromatic N) is 2. The summed E-state index contributed by atoms with van der Waals surface area (Å²) in [7, 11) is 0. The van der Waals surface area contributed by atoms with Gasteiger partial charge in [-0.15, -0.1) is 0 Å². The molecule has 0 bridgehead atoms. The van der Waals surface area contributed by atoms with Crippen molar-refractivity contribution in [3.63, 3.8) is 0 Å². The molecular formula is C14H10F2N2. The van der Waals surface area contributed by atoms with Gasteiger partial charge < -0.3 is 0 Å². The van der Waals surface area contributed by atoms with Gasteiger partial charge in [0.15, 0.2) is 0 Å². The zero-order valence-corrected chi connectivity index (χ0v) is 9.96. The molecule has 0 N–H and O–H groups in total. The minimum Gasteiger partial charge on any atom is -0.256 e. The van der Waals surface area contributed by atoms with Crippen LogP contribution in [0.25, 0.3) is 16.1 Å². The SMILES string of the molecule is [C-]#[N+]c1c(F)cc(C)c(-c2cc(C)ccn2)c1F. The van der Waals surface area contributed by atoms with Crippen LogP contribution in [0.3, 0.4) is 0 Å². The Hall–Kier alpha value is -2.28. The Morgan fingerprint density at radius 1 is 1.22 bits per heavy atom. The fraction of sp³-hybridized carbons (Fsp3) is 0.143. The standard InChI is InChI=1S/C14H10F2N2/c1-8-4-5-18-11(6-8)12-9(2)7-10(15)14(17-3)13(12)16/h4-7H,1-2H3. The topological polar surface area (TPSA) is 17.2 Å². The molecule has 18 heavy (non-hydrogen) atoms. The van der Waals surface area contributed by atoms with Crippen LogP contribution < -0.4 is 0 Å². The van der Waals surface area contributed by atoms with Gasteiger partial charge in [0.2, 0.25) is 0 Å². The first-order chi connectivity index (χ1) is 8.54. The predicted octanol–water partition coefficient (Wildman–Crippen LogP) is 4.19. The van der Waals surface area contributed by atoms with Crippen LogP contribution in [0.15, 0.2) is 24.4 Å². The first-order valence-corrected chi connectivity index (χ1v) is 5.33. The molecule has 0 aliphatic rings. The van der Waals surface area contributed by atoms with E-state index in [0.717, 1.165) is 11.6 Å². The molecule has 1 heterocycles. The maximum absolute atomic E-state index is 14.1. The average Bonchev–Trinajstić information content (AvgIpc) is 2.28. The molecule has 0 atom stereocenters. The van der Waals surface area contributed by atoms with Gasteiger partial charge in [-0.25, -0.2) is 13.6 Å². The molecule has 0 aliphatic heterocycles. The number of rotatable bonds is 1. The number of halogens is 2. The zero-order chi connectivity index (χ0) is 13.3. The molecule has 0 saturated carbocycles. The van der Waals surface area contributed by atoms with Crippen molar-refractivity contribution in [3.05, 3.63) is 58.6 Å². The third kappa shape index (κ3) is 1.95. The highest BCUT2D eigenvalue weighted by Crippen LogP contribution is 2.33. The van der Waals surface area contributed by atoms with Crippen LogP contribution in [0.5, 0.6) is 0 Å². The first-order valence-electron chi connectivity index (χ1n) is 5.33. The quantitative estimate of drug-likeness (QED) is 0.687. The Balaban J connectivity index is 2.76. The molecule has 0 aliphatic carbocycles. The molecule has 2 aromatic rings. The molecule has 1 aromatic carbocycles. The number of aryl methyl sites for hydroxylation is 2. The Labute approximate surface area is 104 Å². The summed E-state index contributed by atoms with van der Waals surface area (Å²) in [6.07, 6.45) is 1.56. The normalized spacial score (nSPS) is 10.2. The van der Waals surface area contributed by atoms with Crippen LogP contribution >= 0.6 is 0 Å². The van der Waals surface area contributed by atoms with Crippen LogP contribution in [0, 0.1) is 32.1 Å². The van der Waals surface area contributed by atoms with Gasteiger partial charge in [0, 0.05) is 11.8 Å². The van der Waals surface area contributed by atoms with Crippen molar-refractivity contribution >= 4 is 5.69 Å². The second kappa shape index (κ2) is 4.53. The Morgan fingerprint density at radius 3 is 2.56 bits per heavy atom. The molecule has 0 spiro atoms. The van der Waals surface area contributed by atoms with Crippen molar-refractivity contribution in [1.82, 2.24) is 4.98 Å². The van der Waals surface area contributed by atoms with Crippen LogP contribution in [0.1, 0.15) is 11.1 Å². The summed E-state index contributed by atoms with van der Waals surface area (Å²) in [5.41, 5.74) is 1.36. The van der Waals surface area contributed by atoms with Crippen LogP contribution in [-0.4, -0.2) is 4.98 Å². The number of pyridine rings is 1. The molecule has 90 valence electrons. The summed E-state index contributed by atoms with van der Waals surface area (Å²) in [4.78, 5) is 6.96. The van der Waals surface area contributed by atoms with E-state index < -0.39 is 17.3 Å². The van der Waals surface area contributed by atoms with E-state index in [2.05, 4.69) is 9.83 Å². The van der Waals surface area contributed by atoms with Gasteiger partial charge in [-0.3, -0.25) is 4.98 Å². The molecule has 0 radical (unpaired) electrons. The molecule has 0 amide bonds. The largest absolute Gasteiger partial charge is 0.257 e. The van der Waals surface area contributed by atoms with E-state index >= 15 is 0 Å². The third-order valence-corrected chi connectivity index (χ3v) is 2.67. The maximum atomic E-state index is 14.1. The minimum atomic E-state index is -0.847. The van der Waals surface area contributed by atoms with Gasteiger partial charge in [0.05, 0.1) is 12.3 Å². The van der Waals surface area contributed by atoms with Crippen LogP contribution in [0.4, 0.5) is 14.5 Å². The third-order valence-electron chi connectivity index (χ3n) is 2.67. The number of benzene rings is 1. The first kappa shape index (κ1) is 12.2. The lowest BCUT2D eigenvalue weighted by molar-refractivity contribution is 0.594. The van der Waals surface area contributed by atoms with E-state index in [1.54, 1.807) is 25.3 Å². The van der Waals surface area contributed by atoms with Crippen molar-refractivity contribution in [2.24, 2.45) is 0 Å². The van der Waals surface area contributed by atoms with Gasteiger partial charge in [0.1, 0.15) is 11.6 Å². The number of aromatic nitrogens is 1. The average molecular weight is 244 g/mol. The summed E-state index contributed by atoms with van der Waals surface area (Å²) in [5.74, 6) is -1.68. The Morgan fingerprint density at radius 2 is 1.94 bits per heavy atom. The van der Waals surface area contributed by atoms with E-state index in [0.29, 0.717) is 11.3 Å². The molecule has 0 saturated heterocycles. The minimum absolute atomic E-state index is 0.186. The predicted molar refractivity (Wildman–Crippen MR) is 65.3 cm³/mol. The summed E-state index contributed by atoms with van der Waals surface area (Å²) >= 11 is 0. The maximum Gasteiger partial charge on any atom is 0.257 e. The fourth-order valence-electron chi connectivity index (χ4n) is 1.82. The van der Waals surface area contributed by atoms with E-state index in [1.165, 1.54) is 0 Å². The molecule has 0 fully saturated rings. The summed E-state index contributed by atoms with van der Waals surface area (Å²) in [6.45, 7) is 10.3. The second-order valence-corrected chi connectivity index (χ2v) is 4.04. The van der Waals surface area contributed by atoms with Crippen LogP contribution in [-0.2, 0) is 0 Å². The highest BCUT2D eigenvalue weighted by Gasteiger charge is 2.18. The van der Waals surface area contributed by atoms with Gasteiger partial charge in [-0.1, -0.05) is 0 Å². The molecule has 1 aromatic heterocycles. The van der Waals surface area contributed by atoms with Crippen molar-refractivity contribution in [3.8, 4) is 11.3 Å². The summed E-state index contributed by atoms with van der Waals surface area (Å²) < 4.78 is 27.5. The van der Waals surface area contributed by atoms with Crippen molar-refractivity contribution in [2.75, 3.05) is 0 Å². The lowest BCUT2D eigenvalue weighted by Crippen LogP contribution is -1.95. The molecule has 2 nitrogen and oxygen atoms in total. The van der Waals surface area contributed by atoms with E-state index in [1.807, 2.05) is 6.92 Å². The van der Waals surface area contributed by atoms with E-state index in [-0.39, 0.29) is 5.56 Å². The van der Waals surface area contributed by atoms with Crippen LogP contribution in [0.2, 0.25) is 0 Å². The van der Waals surface area contributed by atoms with E-state index in [4.69, 9.17) is 6.57 Å². The van der Waals surface area contributed by atoms with E-state index in [9.17, 15) is 8.78 Å². The van der Waals surface area contributed by atoms with Gasteiger partial charge >= 0.3 is 0 Å². The number of hydrogen-bond donors (Lipinski definition) is 0. The van der Waals surface area contributed by atoms with Gasteiger partial charge in [0.25, 0.3) is 5.69 Å². The lowest BCUT2D eigenvalue weighted by Gasteiger charge is -2.09. The second-order valence-electron chi connectivity index (χ2n) is 4.04. The molecular weight excluding hydrogens is 234 g/mol. The Bertz CT molecular complexity index is 658. The van der Waals surface area contributed by atoms with Crippen molar-refractivity contribution in [1.29, 1.82) is 0 Å². The van der Waals surface area contributed by atoms with Crippen molar-refractivity contribution in [2.45, 2.75) is 13.8 Å². The Kier molecular flexibility index (Phi) is 3.07. The fourth-order valence-corrected chi connectivity index (χ4v) is 1.82. The molecule has 2 rings (SSSR count). The van der Waals surface area contributed by atoms with Crippen molar-refractivity contribution < 1.29 is 8.78 Å². The monoisotopic (exact) mass is 244 g/mol. The smallest absolute Gasteiger partial charge is 0.256 e. The van der Waals surface area contributed by atoms with Gasteiger partial charge in [-0.2, -0.15) is 0 Å². The highest BCUT2D eigenvalue weighted by molar-refractivity contribution is 5.71. The van der Waals surface area contributed by atoms with Gasteiger partial charge in [-0.05, 0) is 43.2 Å². The summed E-state index contributed by atoms with van der Waals surface area (Å²) in [5, 5.41) is 0. The number of hydrogen-bond acceptors (Lipinski definition) is 1. The summed E-state index contributed by atoms with van der Waals surface area (Å²) in [6, 6.07) is 4.66. The molecule has 0 unspecified atom stereocenters. The highest BCUT2D eigenvalue weighted by atomic mass is 19.1. The lowest BCUT2D eigenvalue weighted by atomic mass is 10.0.